The molecule has 1 heterocycles. The zero-order valence-electron chi connectivity index (χ0n) is 10.7. The van der Waals surface area contributed by atoms with Gasteiger partial charge in [-0.3, -0.25) is 0 Å². The van der Waals surface area contributed by atoms with Crippen LogP contribution in [0.15, 0.2) is 0 Å². The van der Waals surface area contributed by atoms with Gasteiger partial charge < -0.3 is 19.9 Å². The van der Waals surface area contributed by atoms with Crippen molar-refractivity contribution in [2.45, 2.75) is 51.2 Å². The van der Waals surface area contributed by atoms with Crippen LogP contribution in [0.2, 0.25) is 0 Å². The molecule has 1 rings (SSSR count). The van der Waals surface area contributed by atoms with E-state index in [9.17, 15) is 9.59 Å². The van der Waals surface area contributed by atoms with Crippen LogP contribution in [0.1, 0.15) is 39.0 Å². The van der Waals surface area contributed by atoms with E-state index in [2.05, 4.69) is 5.32 Å². The first-order chi connectivity index (χ1) is 8.63. The van der Waals surface area contributed by atoms with Gasteiger partial charge in [-0.1, -0.05) is 13.3 Å². The van der Waals surface area contributed by atoms with Crippen LogP contribution in [0.5, 0.6) is 0 Å². The summed E-state index contributed by atoms with van der Waals surface area (Å²) in [5.74, 6) is -1.06. The van der Waals surface area contributed by atoms with Gasteiger partial charge in [0.05, 0.1) is 12.7 Å². The highest BCUT2D eigenvalue weighted by Gasteiger charge is 2.27. The van der Waals surface area contributed by atoms with E-state index in [0.29, 0.717) is 13.2 Å². The minimum absolute atomic E-state index is 0.0814. The van der Waals surface area contributed by atoms with E-state index in [1.807, 2.05) is 6.92 Å². The maximum Gasteiger partial charge on any atom is 0.407 e. The number of carboxylic acid groups (broad SMARTS) is 1. The Hall–Kier alpha value is -1.30. The fraction of sp³-hybridized carbons (Fsp3) is 0.833. The van der Waals surface area contributed by atoms with E-state index in [4.69, 9.17) is 14.6 Å². The lowest BCUT2D eigenvalue weighted by molar-refractivity contribution is -0.140. The standard InChI is InChI=1S/C12H21NO5/c1-2-3-6-18-12(16)13-10(11(14)15)8-9-5-4-7-17-9/h9-10H,2-8H2,1H3,(H,13,16)(H,14,15)/t9-,10?/m0/s1. The molecule has 0 aliphatic carbocycles. The fourth-order valence-corrected chi connectivity index (χ4v) is 1.81. The molecule has 2 N–H and O–H groups in total. The van der Waals surface area contributed by atoms with Gasteiger partial charge in [-0.2, -0.15) is 0 Å². The van der Waals surface area contributed by atoms with Crippen LogP contribution in [-0.2, 0) is 14.3 Å². The predicted octanol–water partition coefficient (Wildman–Crippen LogP) is 1.53. The van der Waals surface area contributed by atoms with Crippen LogP contribution in [0, 0.1) is 0 Å². The summed E-state index contributed by atoms with van der Waals surface area (Å²) in [5.41, 5.74) is 0. The largest absolute Gasteiger partial charge is 0.480 e. The molecule has 1 fully saturated rings. The highest BCUT2D eigenvalue weighted by atomic mass is 16.5. The van der Waals surface area contributed by atoms with Gasteiger partial charge >= 0.3 is 12.1 Å². The number of hydrogen-bond donors (Lipinski definition) is 2. The van der Waals surface area contributed by atoms with E-state index in [0.717, 1.165) is 25.7 Å². The minimum atomic E-state index is -1.06. The van der Waals surface area contributed by atoms with Crippen LogP contribution in [0.25, 0.3) is 0 Å². The third kappa shape index (κ3) is 5.35. The molecule has 6 nitrogen and oxygen atoms in total. The normalized spacial score (nSPS) is 20.4. The lowest BCUT2D eigenvalue weighted by atomic mass is 10.1. The highest BCUT2D eigenvalue weighted by Crippen LogP contribution is 2.17. The van der Waals surface area contributed by atoms with Crippen molar-refractivity contribution in [1.82, 2.24) is 5.32 Å². The van der Waals surface area contributed by atoms with Gasteiger partial charge in [-0.15, -0.1) is 0 Å². The number of carboxylic acids is 1. The van der Waals surface area contributed by atoms with E-state index in [1.54, 1.807) is 0 Å². The minimum Gasteiger partial charge on any atom is -0.480 e. The first-order valence-electron chi connectivity index (χ1n) is 6.41. The van der Waals surface area contributed by atoms with Gasteiger partial charge in [0.15, 0.2) is 0 Å². The second kappa shape index (κ2) is 7.92. The molecule has 0 aromatic carbocycles. The molecule has 104 valence electrons. The van der Waals surface area contributed by atoms with Crippen molar-refractivity contribution in [3.05, 3.63) is 0 Å². The molecule has 2 atom stereocenters. The number of amides is 1. The molecule has 1 unspecified atom stereocenters. The van der Waals surface area contributed by atoms with Crippen LogP contribution in [-0.4, -0.2) is 42.5 Å². The third-order valence-corrected chi connectivity index (χ3v) is 2.84. The molecule has 0 spiro atoms. The lowest BCUT2D eigenvalue weighted by Gasteiger charge is -2.17. The number of ether oxygens (including phenoxy) is 2. The summed E-state index contributed by atoms with van der Waals surface area (Å²) >= 11 is 0. The number of carbonyl (C=O) groups is 2. The van der Waals surface area contributed by atoms with Crippen molar-refractivity contribution >= 4 is 12.1 Å². The van der Waals surface area contributed by atoms with Crippen LogP contribution in [0.3, 0.4) is 0 Å². The summed E-state index contributed by atoms with van der Waals surface area (Å²) in [7, 11) is 0. The molecule has 0 radical (unpaired) electrons. The van der Waals surface area contributed by atoms with Crippen molar-refractivity contribution in [3.8, 4) is 0 Å². The second-order valence-electron chi connectivity index (χ2n) is 4.40. The Morgan fingerprint density at radius 3 is 2.89 bits per heavy atom. The number of alkyl carbamates (subject to hydrolysis) is 1. The molecular formula is C12H21NO5. The topological polar surface area (TPSA) is 84.9 Å². The molecule has 1 saturated heterocycles. The van der Waals surface area contributed by atoms with E-state index in [-0.39, 0.29) is 12.5 Å². The molecule has 1 amide bonds. The third-order valence-electron chi connectivity index (χ3n) is 2.84. The summed E-state index contributed by atoms with van der Waals surface area (Å²) < 4.78 is 10.2. The molecule has 1 aliphatic rings. The molecular weight excluding hydrogens is 238 g/mol. The Kier molecular flexibility index (Phi) is 6.49. The number of unbranched alkanes of at least 4 members (excludes halogenated alkanes) is 1. The van der Waals surface area contributed by atoms with Gasteiger partial charge in [-0.05, 0) is 19.3 Å². The summed E-state index contributed by atoms with van der Waals surface area (Å²) in [5, 5.41) is 11.4. The summed E-state index contributed by atoms with van der Waals surface area (Å²) in [6.45, 7) is 2.96. The lowest BCUT2D eigenvalue weighted by Crippen LogP contribution is -2.43. The monoisotopic (exact) mass is 259 g/mol. The predicted molar refractivity (Wildman–Crippen MR) is 64.4 cm³/mol. The Balaban J connectivity index is 2.32. The van der Waals surface area contributed by atoms with Crippen molar-refractivity contribution in [3.63, 3.8) is 0 Å². The maximum atomic E-state index is 11.4. The zero-order valence-corrected chi connectivity index (χ0v) is 10.7. The highest BCUT2D eigenvalue weighted by molar-refractivity contribution is 5.79. The van der Waals surface area contributed by atoms with Gasteiger partial charge in [-0.25, -0.2) is 9.59 Å². The Labute approximate surface area is 107 Å². The SMILES string of the molecule is CCCCOC(=O)NC(C[C@@H]1CCCO1)C(=O)O. The molecule has 0 aromatic rings. The number of aliphatic carboxylic acids is 1. The van der Waals surface area contributed by atoms with Gasteiger partial charge in [0.25, 0.3) is 0 Å². The van der Waals surface area contributed by atoms with E-state index < -0.39 is 18.1 Å². The molecule has 6 heteroatoms. The number of nitrogens with one attached hydrogen (secondary N) is 1. The Morgan fingerprint density at radius 2 is 2.33 bits per heavy atom. The van der Waals surface area contributed by atoms with Gasteiger partial charge in [0.2, 0.25) is 0 Å². The Bertz CT molecular complexity index is 276. The van der Waals surface area contributed by atoms with Gasteiger partial charge in [0, 0.05) is 13.0 Å². The van der Waals surface area contributed by atoms with E-state index in [1.165, 1.54) is 0 Å². The van der Waals surface area contributed by atoms with Crippen LogP contribution < -0.4 is 5.32 Å². The average molecular weight is 259 g/mol. The number of carbonyl (C=O) groups excluding carboxylic acids is 1. The smallest absolute Gasteiger partial charge is 0.407 e. The molecule has 0 bridgehead atoms. The summed E-state index contributed by atoms with van der Waals surface area (Å²) in [6, 6.07) is -0.942. The molecule has 0 saturated carbocycles. The summed E-state index contributed by atoms with van der Waals surface area (Å²) in [6.07, 6.45) is 3.02. The number of rotatable bonds is 7. The maximum absolute atomic E-state index is 11.4. The Morgan fingerprint density at radius 1 is 1.56 bits per heavy atom. The van der Waals surface area contributed by atoms with Crippen molar-refractivity contribution in [1.29, 1.82) is 0 Å². The molecule has 0 aromatic heterocycles. The first kappa shape index (κ1) is 14.8. The van der Waals surface area contributed by atoms with Crippen LogP contribution in [0.4, 0.5) is 4.79 Å². The summed E-state index contributed by atoms with van der Waals surface area (Å²) in [4.78, 5) is 22.4. The van der Waals surface area contributed by atoms with Crippen molar-refractivity contribution < 1.29 is 24.2 Å². The zero-order chi connectivity index (χ0) is 13.4. The number of hydrogen-bond acceptors (Lipinski definition) is 4. The second-order valence-corrected chi connectivity index (χ2v) is 4.40. The van der Waals surface area contributed by atoms with Gasteiger partial charge in [0.1, 0.15) is 6.04 Å². The van der Waals surface area contributed by atoms with Crippen molar-refractivity contribution in [2.24, 2.45) is 0 Å². The fourth-order valence-electron chi connectivity index (χ4n) is 1.81. The molecule has 1 aliphatic heterocycles. The van der Waals surface area contributed by atoms with Crippen LogP contribution >= 0.6 is 0 Å². The van der Waals surface area contributed by atoms with Crippen molar-refractivity contribution in [2.75, 3.05) is 13.2 Å². The average Bonchev–Trinajstić information content (AvgIpc) is 2.81. The molecule has 18 heavy (non-hydrogen) atoms. The quantitative estimate of drug-likeness (QED) is 0.677. The first-order valence-corrected chi connectivity index (χ1v) is 6.41. The van der Waals surface area contributed by atoms with E-state index >= 15 is 0 Å².